The molecular formula is C72H140O17P2. The van der Waals surface area contributed by atoms with Gasteiger partial charge >= 0.3 is 39.5 Å². The van der Waals surface area contributed by atoms with Gasteiger partial charge in [0.05, 0.1) is 26.4 Å². The monoisotopic (exact) mass is 1340 g/mol. The van der Waals surface area contributed by atoms with E-state index in [0.717, 1.165) is 95.8 Å². The Bertz CT molecular complexity index is 1750. The molecule has 0 aliphatic carbocycles. The van der Waals surface area contributed by atoms with E-state index in [0.29, 0.717) is 25.7 Å². The van der Waals surface area contributed by atoms with Crippen molar-refractivity contribution in [3.8, 4) is 0 Å². The minimum absolute atomic E-state index is 0.107. The molecule has 0 amide bonds. The maximum Gasteiger partial charge on any atom is 0.472 e. The molecular weight excluding hydrogens is 1200 g/mol. The van der Waals surface area contributed by atoms with Gasteiger partial charge in [0.25, 0.3) is 0 Å². The quantitative estimate of drug-likeness (QED) is 0.0222. The van der Waals surface area contributed by atoms with Gasteiger partial charge in [0, 0.05) is 25.7 Å². The molecule has 91 heavy (non-hydrogen) atoms. The van der Waals surface area contributed by atoms with Gasteiger partial charge in [-0.2, -0.15) is 0 Å². The van der Waals surface area contributed by atoms with Crippen LogP contribution in [0.5, 0.6) is 0 Å². The molecule has 5 atom stereocenters. The second-order valence-electron chi connectivity index (χ2n) is 26.5. The van der Waals surface area contributed by atoms with Crippen molar-refractivity contribution in [1.82, 2.24) is 0 Å². The van der Waals surface area contributed by atoms with Gasteiger partial charge in [-0.05, 0) is 31.6 Å². The van der Waals surface area contributed by atoms with E-state index in [-0.39, 0.29) is 25.7 Å². The molecule has 0 aromatic carbocycles. The molecule has 17 nitrogen and oxygen atoms in total. The van der Waals surface area contributed by atoms with Crippen LogP contribution in [0.4, 0.5) is 0 Å². The number of rotatable bonds is 72. The first-order valence-corrected chi connectivity index (χ1v) is 40.6. The first-order valence-electron chi connectivity index (χ1n) is 37.6. The third-order valence-corrected chi connectivity index (χ3v) is 18.7. The Morgan fingerprint density at radius 3 is 0.747 bits per heavy atom. The molecule has 540 valence electrons. The van der Waals surface area contributed by atoms with Crippen molar-refractivity contribution >= 4 is 39.5 Å². The van der Waals surface area contributed by atoms with E-state index < -0.39 is 97.5 Å². The Balaban J connectivity index is 5.25. The first kappa shape index (κ1) is 89.1. The Morgan fingerprint density at radius 1 is 0.297 bits per heavy atom. The molecule has 0 fully saturated rings. The number of phosphoric acid groups is 2. The van der Waals surface area contributed by atoms with Gasteiger partial charge in [0.15, 0.2) is 12.2 Å². The lowest BCUT2D eigenvalue weighted by Gasteiger charge is -2.21. The highest BCUT2D eigenvalue weighted by Crippen LogP contribution is 2.45. The van der Waals surface area contributed by atoms with E-state index in [2.05, 4.69) is 34.6 Å². The van der Waals surface area contributed by atoms with Gasteiger partial charge in [-0.15, -0.1) is 0 Å². The fourth-order valence-electron chi connectivity index (χ4n) is 11.0. The van der Waals surface area contributed by atoms with Crippen molar-refractivity contribution in [2.45, 2.75) is 393 Å². The Hall–Kier alpha value is -1.94. The van der Waals surface area contributed by atoms with Crippen molar-refractivity contribution in [1.29, 1.82) is 0 Å². The van der Waals surface area contributed by atoms with Gasteiger partial charge < -0.3 is 33.8 Å². The second kappa shape index (κ2) is 65.4. The van der Waals surface area contributed by atoms with Crippen molar-refractivity contribution in [2.24, 2.45) is 5.92 Å². The summed E-state index contributed by atoms with van der Waals surface area (Å²) in [5, 5.41) is 10.6. The molecule has 0 saturated carbocycles. The van der Waals surface area contributed by atoms with Gasteiger partial charge in [-0.25, -0.2) is 9.13 Å². The number of hydrogen-bond donors (Lipinski definition) is 3. The van der Waals surface area contributed by atoms with E-state index in [1.165, 1.54) is 199 Å². The van der Waals surface area contributed by atoms with Crippen LogP contribution < -0.4 is 0 Å². The molecule has 0 rings (SSSR count). The lowest BCUT2D eigenvalue weighted by molar-refractivity contribution is -0.161. The van der Waals surface area contributed by atoms with Crippen molar-refractivity contribution in [3.05, 3.63) is 0 Å². The Kier molecular flexibility index (Phi) is 64.0. The Labute approximate surface area is 556 Å². The summed E-state index contributed by atoms with van der Waals surface area (Å²) in [4.78, 5) is 72.6. The minimum Gasteiger partial charge on any atom is -0.462 e. The highest BCUT2D eigenvalue weighted by Gasteiger charge is 2.30. The summed E-state index contributed by atoms with van der Waals surface area (Å²) in [6.45, 7) is 7.28. The maximum atomic E-state index is 13.0. The summed E-state index contributed by atoms with van der Waals surface area (Å²) >= 11 is 0. The zero-order valence-corrected chi connectivity index (χ0v) is 60.8. The largest absolute Gasteiger partial charge is 0.472 e. The van der Waals surface area contributed by atoms with Crippen molar-refractivity contribution in [3.63, 3.8) is 0 Å². The molecule has 0 saturated heterocycles. The molecule has 0 aromatic heterocycles. The van der Waals surface area contributed by atoms with E-state index in [1.54, 1.807) is 0 Å². The lowest BCUT2D eigenvalue weighted by Crippen LogP contribution is -2.30. The smallest absolute Gasteiger partial charge is 0.462 e. The molecule has 0 heterocycles. The number of hydrogen-bond acceptors (Lipinski definition) is 15. The number of phosphoric ester groups is 2. The second-order valence-corrected chi connectivity index (χ2v) is 29.4. The SMILES string of the molecule is CCCCCCCCCCCCCCC(=O)OC[C@H](COP(=O)(O)OC[C@H](O)COP(=O)(O)OC[C@@H](COC(=O)CCCCCCCCCCCCCC)OC(=O)CCCCCCCCCCCCCCC(C)C)OC(=O)CCCCCCCCCCCCCC. The van der Waals surface area contributed by atoms with Gasteiger partial charge in [-0.1, -0.05) is 324 Å². The summed E-state index contributed by atoms with van der Waals surface area (Å²) in [5.74, 6) is -1.34. The number of ether oxygens (including phenoxy) is 4. The van der Waals surface area contributed by atoms with Gasteiger partial charge in [0.1, 0.15) is 19.3 Å². The van der Waals surface area contributed by atoms with Crippen LogP contribution in [-0.4, -0.2) is 96.7 Å². The average molecular weight is 1340 g/mol. The molecule has 0 aliphatic heterocycles. The van der Waals surface area contributed by atoms with Crippen LogP contribution in [0.1, 0.15) is 375 Å². The maximum absolute atomic E-state index is 13.0. The topological polar surface area (TPSA) is 237 Å². The fraction of sp³-hybridized carbons (Fsp3) is 0.944. The average Bonchev–Trinajstić information content (AvgIpc) is 3.69. The van der Waals surface area contributed by atoms with E-state index in [1.807, 2.05) is 0 Å². The standard InChI is InChI=1S/C72H140O17P2/c1-6-9-12-15-18-21-24-30-35-40-45-50-55-69(74)82-61-67(88-71(76)57-52-47-42-37-32-26-23-20-17-14-11-8-3)63-86-90(78,79)84-59-66(73)60-85-91(80,81)87-64-68(62-83-70(75)56-51-46-41-36-31-25-22-19-16-13-10-7-2)89-72(77)58-53-48-43-38-33-28-27-29-34-39-44-49-54-65(4)5/h65-68,73H,6-64H2,1-5H3,(H,78,79)(H,80,81)/t66-,67+,68+/m0/s1. The van der Waals surface area contributed by atoms with Crippen molar-refractivity contribution in [2.75, 3.05) is 39.6 Å². The number of aliphatic hydroxyl groups excluding tert-OH is 1. The highest BCUT2D eigenvalue weighted by molar-refractivity contribution is 7.47. The zero-order valence-electron chi connectivity index (χ0n) is 59.0. The predicted octanol–water partition coefficient (Wildman–Crippen LogP) is 20.9. The zero-order chi connectivity index (χ0) is 67.0. The van der Waals surface area contributed by atoms with Gasteiger partial charge in [0.2, 0.25) is 0 Å². The molecule has 2 unspecified atom stereocenters. The molecule has 0 spiro atoms. The lowest BCUT2D eigenvalue weighted by atomic mass is 10.0. The first-order chi connectivity index (χ1) is 44.0. The molecule has 19 heteroatoms. The third kappa shape index (κ3) is 66.5. The summed E-state index contributed by atoms with van der Waals surface area (Å²) in [7, 11) is -9.90. The minimum atomic E-state index is -4.95. The number of esters is 4. The Morgan fingerprint density at radius 2 is 0.505 bits per heavy atom. The summed E-state index contributed by atoms with van der Waals surface area (Å²) in [6, 6.07) is 0. The molecule has 0 aliphatic rings. The van der Waals surface area contributed by atoms with Crippen LogP contribution in [0, 0.1) is 5.92 Å². The molecule has 0 bridgehead atoms. The molecule has 0 radical (unpaired) electrons. The summed E-state index contributed by atoms with van der Waals surface area (Å²) in [6.07, 6.45) is 52.4. The third-order valence-electron chi connectivity index (χ3n) is 16.8. The number of aliphatic hydroxyl groups is 1. The predicted molar refractivity (Wildman–Crippen MR) is 368 cm³/mol. The van der Waals surface area contributed by atoms with Crippen LogP contribution >= 0.6 is 15.6 Å². The molecule has 3 N–H and O–H groups in total. The normalized spacial score (nSPS) is 14.0. The van der Waals surface area contributed by atoms with E-state index in [4.69, 9.17) is 37.0 Å². The van der Waals surface area contributed by atoms with Crippen LogP contribution in [0.25, 0.3) is 0 Å². The van der Waals surface area contributed by atoms with Crippen molar-refractivity contribution < 1.29 is 80.2 Å². The van der Waals surface area contributed by atoms with Crippen LogP contribution in [0.3, 0.4) is 0 Å². The number of carbonyl (C=O) groups is 4. The number of carbonyl (C=O) groups excluding carboxylic acids is 4. The summed E-state index contributed by atoms with van der Waals surface area (Å²) in [5.41, 5.74) is 0. The van der Waals surface area contributed by atoms with Crippen LogP contribution in [0.15, 0.2) is 0 Å². The van der Waals surface area contributed by atoms with E-state index in [9.17, 15) is 43.2 Å². The van der Waals surface area contributed by atoms with E-state index >= 15 is 0 Å². The molecule has 0 aromatic rings. The highest BCUT2D eigenvalue weighted by atomic mass is 31.2. The van der Waals surface area contributed by atoms with Crippen LogP contribution in [-0.2, 0) is 65.4 Å². The fourth-order valence-corrected chi connectivity index (χ4v) is 12.6. The van der Waals surface area contributed by atoms with Gasteiger partial charge in [-0.3, -0.25) is 37.3 Å². The van der Waals surface area contributed by atoms with Crippen LogP contribution in [0.2, 0.25) is 0 Å². The summed E-state index contributed by atoms with van der Waals surface area (Å²) < 4.78 is 68.4. The number of unbranched alkanes of at least 4 members (excludes halogenated alkanes) is 44.